The van der Waals surface area contributed by atoms with Crippen molar-refractivity contribution < 1.29 is 5.32 Å². The largest absolute Gasteiger partial charge is 0.381 e. The number of quaternary nitrogens is 1. The van der Waals surface area contributed by atoms with Crippen molar-refractivity contribution in [3.05, 3.63) is 24.3 Å². The minimum Gasteiger partial charge on any atom is -0.381 e. The maximum Gasteiger partial charge on any atom is 0.152 e. The quantitative estimate of drug-likeness (QED) is 0.647. The molecule has 0 bridgehead atoms. The summed E-state index contributed by atoms with van der Waals surface area (Å²) in [5, 5.41) is 5.56. The summed E-state index contributed by atoms with van der Waals surface area (Å²) >= 11 is 0. The lowest BCUT2D eigenvalue weighted by Gasteiger charge is -2.06. The van der Waals surface area contributed by atoms with Crippen LogP contribution in [0.1, 0.15) is 13.8 Å². The summed E-state index contributed by atoms with van der Waals surface area (Å²) in [5.74, 6) is 0. The lowest BCUT2D eigenvalue weighted by atomic mass is 10.2. The van der Waals surface area contributed by atoms with Crippen LogP contribution in [0.5, 0.6) is 0 Å². The summed E-state index contributed by atoms with van der Waals surface area (Å²) in [6.07, 6.45) is 0. The zero-order valence-corrected chi connectivity index (χ0v) is 7.80. The molecule has 0 unspecified atom stereocenters. The Morgan fingerprint density at radius 3 is 2.67 bits per heavy atom. The smallest absolute Gasteiger partial charge is 0.152 e. The van der Waals surface area contributed by atoms with Gasteiger partial charge in [0.15, 0.2) is 5.69 Å². The zero-order chi connectivity index (χ0) is 8.81. The monoisotopic (exact) mass is 165 g/mol. The van der Waals surface area contributed by atoms with Gasteiger partial charge in [-0.05, 0) is 19.9 Å². The molecule has 0 saturated carbocycles. The molecule has 0 heterocycles. The molecule has 0 spiro atoms. The molecule has 0 radical (unpaired) electrons. The van der Waals surface area contributed by atoms with E-state index in [9.17, 15) is 0 Å². The molecule has 1 aromatic rings. The van der Waals surface area contributed by atoms with E-state index in [-0.39, 0.29) is 0 Å². The molecule has 0 atom stereocenters. The molecule has 0 saturated heterocycles. The standard InChI is InChI=1S/C10H16N2/c1-3-11-9-7-5-6-8-10(9)12-4-2/h5-8,11-12H,3-4H2,1-2H3/p+1. The fourth-order valence-electron chi connectivity index (χ4n) is 1.25. The van der Waals surface area contributed by atoms with Gasteiger partial charge in [0.25, 0.3) is 0 Å². The summed E-state index contributed by atoms with van der Waals surface area (Å²) in [7, 11) is 0. The SMILES string of the molecule is CCNc1ccccc1[NH2+]CC. The van der Waals surface area contributed by atoms with Gasteiger partial charge in [0, 0.05) is 12.6 Å². The van der Waals surface area contributed by atoms with Gasteiger partial charge in [-0.3, -0.25) is 0 Å². The molecule has 2 nitrogen and oxygen atoms in total. The van der Waals surface area contributed by atoms with Gasteiger partial charge in [-0.1, -0.05) is 12.1 Å². The molecule has 0 fully saturated rings. The summed E-state index contributed by atoms with van der Waals surface area (Å²) < 4.78 is 0. The number of benzene rings is 1. The molecule has 0 aliphatic heterocycles. The number of anilines is 1. The minimum absolute atomic E-state index is 0.981. The first-order valence-electron chi connectivity index (χ1n) is 4.54. The Morgan fingerprint density at radius 2 is 2.00 bits per heavy atom. The maximum absolute atomic E-state index is 3.33. The van der Waals surface area contributed by atoms with Gasteiger partial charge < -0.3 is 10.6 Å². The Balaban J connectivity index is 2.77. The highest BCUT2D eigenvalue weighted by molar-refractivity contribution is 5.60. The Morgan fingerprint density at radius 1 is 1.25 bits per heavy atom. The van der Waals surface area contributed by atoms with Gasteiger partial charge in [0.1, 0.15) is 0 Å². The molecule has 3 N–H and O–H groups in total. The second-order valence-corrected chi connectivity index (χ2v) is 2.73. The van der Waals surface area contributed by atoms with Crippen LogP contribution in [-0.4, -0.2) is 13.1 Å². The number of hydrogen-bond donors (Lipinski definition) is 2. The van der Waals surface area contributed by atoms with Crippen molar-refractivity contribution in [3.8, 4) is 0 Å². The van der Waals surface area contributed by atoms with Crippen molar-refractivity contribution in [1.82, 2.24) is 0 Å². The van der Waals surface area contributed by atoms with E-state index in [0.717, 1.165) is 13.1 Å². The van der Waals surface area contributed by atoms with E-state index in [1.165, 1.54) is 11.4 Å². The van der Waals surface area contributed by atoms with Crippen LogP contribution in [0.3, 0.4) is 0 Å². The topological polar surface area (TPSA) is 28.6 Å². The second-order valence-electron chi connectivity index (χ2n) is 2.73. The predicted octanol–water partition coefficient (Wildman–Crippen LogP) is 1.33. The Kier molecular flexibility index (Phi) is 3.61. The normalized spacial score (nSPS) is 9.83. The molecule has 1 rings (SSSR count). The molecule has 0 amide bonds. The average molecular weight is 165 g/mol. The van der Waals surface area contributed by atoms with Crippen molar-refractivity contribution in [2.45, 2.75) is 13.8 Å². The van der Waals surface area contributed by atoms with Crippen molar-refractivity contribution in [3.63, 3.8) is 0 Å². The Bertz CT molecular complexity index is 208. The summed E-state index contributed by atoms with van der Waals surface area (Å²) in [6, 6.07) is 8.39. The number of rotatable bonds is 4. The second kappa shape index (κ2) is 4.78. The van der Waals surface area contributed by atoms with Gasteiger partial charge in [-0.25, -0.2) is 0 Å². The van der Waals surface area contributed by atoms with Gasteiger partial charge in [0.2, 0.25) is 0 Å². The van der Waals surface area contributed by atoms with Crippen LogP contribution >= 0.6 is 0 Å². The molecular formula is C10H17N2+. The van der Waals surface area contributed by atoms with Gasteiger partial charge >= 0.3 is 0 Å². The van der Waals surface area contributed by atoms with Crippen LogP contribution in [0.4, 0.5) is 11.4 Å². The first-order valence-corrected chi connectivity index (χ1v) is 4.54. The van der Waals surface area contributed by atoms with Crippen molar-refractivity contribution >= 4 is 11.4 Å². The fraction of sp³-hybridized carbons (Fsp3) is 0.400. The summed E-state index contributed by atoms with van der Waals surface area (Å²) in [5.41, 5.74) is 2.55. The van der Waals surface area contributed by atoms with E-state index in [1.807, 2.05) is 0 Å². The molecule has 2 heteroatoms. The number of nitrogens with one attached hydrogen (secondary N) is 1. The van der Waals surface area contributed by atoms with Crippen molar-refractivity contribution in [2.75, 3.05) is 18.4 Å². The highest BCUT2D eigenvalue weighted by Crippen LogP contribution is 2.14. The zero-order valence-electron chi connectivity index (χ0n) is 7.80. The van der Waals surface area contributed by atoms with Crippen LogP contribution < -0.4 is 10.6 Å². The predicted molar refractivity (Wildman–Crippen MR) is 52.7 cm³/mol. The lowest BCUT2D eigenvalue weighted by Crippen LogP contribution is -2.77. The highest BCUT2D eigenvalue weighted by Gasteiger charge is 2.00. The lowest BCUT2D eigenvalue weighted by molar-refractivity contribution is -0.566. The first-order chi connectivity index (χ1) is 5.88. The van der Waals surface area contributed by atoms with Gasteiger partial charge in [0.05, 0.1) is 12.2 Å². The third-order valence-corrected chi connectivity index (χ3v) is 1.75. The molecule has 1 aromatic carbocycles. The van der Waals surface area contributed by atoms with E-state index in [1.54, 1.807) is 0 Å². The van der Waals surface area contributed by atoms with Crippen molar-refractivity contribution in [2.24, 2.45) is 0 Å². The first kappa shape index (κ1) is 9.07. The van der Waals surface area contributed by atoms with Crippen molar-refractivity contribution in [1.29, 1.82) is 0 Å². The maximum atomic E-state index is 3.33. The summed E-state index contributed by atoms with van der Waals surface area (Å²) in [4.78, 5) is 0. The Labute approximate surface area is 74.0 Å². The summed E-state index contributed by atoms with van der Waals surface area (Å²) in [6.45, 7) is 6.34. The molecule has 66 valence electrons. The average Bonchev–Trinajstić information content (AvgIpc) is 2.09. The van der Waals surface area contributed by atoms with E-state index in [4.69, 9.17) is 0 Å². The van der Waals surface area contributed by atoms with Crippen LogP contribution in [0.2, 0.25) is 0 Å². The van der Waals surface area contributed by atoms with Crippen LogP contribution in [0, 0.1) is 0 Å². The van der Waals surface area contributed by atoms with E-state index in [2.05, 4.69) is 48.7 Å². The molecule has 0 aromatic heterocycles. The fourth-order valence-corrected chi connectivity index (χ4v) is 1.25. The number of nitrogens with two attached hydrogens (primary N) is 1. The van der Waals surface area contributed by atoms with Crippen LogP contribution in [0.15, 0.2) is 24.3 Å². The highest BCUT2D eigenvalue weighted by atomic mass is 14.9. The van der Waals surface area contributed by atoms with E-state index >= 15 is 0 Å². The number of para-hydroxylation sites is 2. The van der Waals surface area contributed by atoms with E-state index in [0.29, 0.717) is 0 Å². The van der Waals surface area contributed by atoms with E-state index < -0.39 is 0 Å². The third-order valence-electron chi connectivity index (χ3n) is 1.75. The molecular weight excluding hydrogens is 148 g/mol. The van der Waals surface area contributed by atoms with Crippen LogP contribution in [-0.2, 0) is 0 Å². The van der Waals surface area contributed by atoms with Gasteiger partial charge in [-0.2, -0.15) is 0 Å². The molecule has 0 aliphatic rings. The minimum atomic E-state index is 0.981. The van der Waals surface area contributed by atoms with Gasteiger partial charge in [-0.15, -0.1) is 0 Å². The van der Waals surface area contributed by atoms with Crippen LogP contribution in [0.25, 0.3) is 0 Å². The molecule has 12 heavy (non-hydrogen) atoms. The Hall–Kier alpha value is -1.02. The third kappa shape index (κ3) is 2.24. The number of hydrogen-bond acceptors (Lipinski definition) is 1. The molecule has 0 aliphatic carbocycles.